The molecule has 0 unspecified atom stereocenters. The second-order valence-corrected chi connectivity index (χ2v) is 5.74. The molecule has 0 spiro atoms. The number of hydrogen-bond donors (Lipinski definition) is 0. The van der Waals surface area contributed by atoms with Gasteiger partial charge in [-0.3, -0.25) is 4.79 Å². The van der Waals surface area contributed by atoms with Crippen LogP contribution < -0.4 is 9.64 Å². The Kier molecular flexibility index (Phi) is 4.14. The van der Waals surface area contributed by atoms with Gasteiger partial charge in [0, 0.05) is 25.7 Å². The van der Waals surface area contributed by atoms with Gasteiger partial charge in [-0.2, -0.15) is 5.10 Å². The predicted molar refractivity (Wildman–Crippen MR) is 87.9 cm³/mol. The number of carbonyl (C=O) groups excluding carboxylic acids is 1. The minimum atomic E-state index is 0.00328. The minimum Gasteiger partial charge on any atom is -0.497 e. The van der Waals surface area contributed by atoms with Crippen molar-refractivity contribution in [2.24, 2.45) is 0 Å². The van der Waals surface area contributed by atoms with Gasteiger partial charge in [0.1, 0.15) is 5.75 Å². The largest absolute Gasteiger partial charge is 0.497 e. The lowest BCUT2D eigenvalue weighted by molar-refractivity contribution is 0.0704. The molecule has 1 aromatic heterocycles. The van der Waals surface area contributed by atoms with Gasteiger partial charge < -0.3 is 14.5 Å². The first kappa shape index (κ1) is 15.3. The molecule has 2 aromatic rings. The Morgan fingerprint density at radius 3 is 2.70 bits per heavy atom. The van der Waals surface area contributed by atoms with Gasteiger partial charge in [0.15, 0.2) is 5.82 Å². The van der Waals surface area contributed by atoms with Crippen LogP contribution >= 0.6 is 0 Å². The van der Waals surface area contributed by atoms with E-state index in [1.807, 2.05) is 44.3 Å². The summed E-state index contributed by atoms with van der Waals surface area (Å²) < 4.78 is 5.18. The number of ether oxygens (including phenoxy) is 1. The maximum absolute atomic E-state index is 12.6. The van der Waals surface area contributed by atoms with Gasteiger partial charge in [-0.15, -0.1) is 5.10 Å². The molecule has 120 valence electrons. The van der Waals surface area contributed by atoms with Gasteiger partial charge >= 0.3 is 0 Å². The van der Waals surface area contributed by atoms with Gasteiger partial charge in [0.2, 0.25) is 0 Å². The molecule has 0 atom stereocenters. The van der Waals surface area contributed by atoms with Crippen molar-refractivity contribution in [3.63, 3.8) is 0 Å². The molecular weight excluding hydrogens is 292 g/mol. The SMILES string of the molecule is COc1cccc(C(=O)N(C)C2CN(c3ccc(C)nn3)C2)c1. The van der Waals surface area contributed by atoms with Gasteiger partial charge in [0.25, 0.3) is 5.91 Å². The fourth-order valence-corrected chi connectivity index (χ4v) is 2.57. The minimum absolute atomic E-state index is 0.00328. The molecule has 6 nitrogen and oxygen atoms in total. The lowest BCUT2D eigenvalue weighted by Gasteiger charge is -2.44. The predicted octanol–water partition coefficient (Wildman–Crippen LogP) is 1.75. The van der Waals surface area contributed by atoms with Gasteiger partial charge in [-0.25, -0.2) is 0 Å². The molecule has 1 aliphatic heterocycles. The lowest BCUT2D eigenvalue weighted by atomic mass is 10.1. The zero-order valence-electron chi connectivity index (χ0n) is 13.6. The standard InChI is InChI=1S/C17H20N4O2/c1-12-7-8-16(19-18-12)21-10-14(11-21)20(2)17(22)13-5-4-6-15(9-13)23-3/h4-9,14H,10-11H2,1-3H3. The summed E-state index contributed by atoms with van der Waals surface area (Å²) in [6.07, 6.45) is 0. The molecular formula is C17H20N4O2. The van der Waals surface area contributed by atoms with Crippen LogP contribution in [0.5, 0.6) is 5.75 Å². The first-order valence-corrected chi connectivity index (χ1v) is 7.55. The summed E-state index contributed by atoms with van der Waals surface area (Å²) >= 11 is 0. The van der Waals surface area contributed by atoms with Crippen LogP contribution in [-0.2, 0) is 0 Å². The average Bonchev–Trinajstić information content (AvgIpc) is 2.54. The summed E-state index contributed by atoms with van der Waals surface area (Å²) in [7, 11) is 3.43. The van der Waals surface area contributed by atoms with Crippen molar-refractivity contribution in [3.05, 3.63) is 47.7 Å². The van der Waals surface area contributed by atoms with Crippen LogP contribution in [-0.4, -0.2) is 54.3 Å². The number of benzene rings is 1. The number of nitrogens with zero attached hydrogens (tertiary/aromatic N) is 4. The number of carbonyl (C=O) groups is 1. The highest BCUT2D eigenvalue weighted by Gasteiger charge is 2.33. The molecule has 1 amide bonds. The Labute approximate surface area is 135 Å². The van der Waals surface area contributed by atoms with Crippen molar-refractivity contribution >= 4 is 11.7 Å². The highest BCUT2D eigenvalue weighted by molar-refractivity contribution is 5.94. The quantitative estimate of drug-likeness (QED) is 0.861. The Morgan fingerprint density at radius 1 is 1.26 bits per heavy atom. The zero-order valence-corrected chi connectivity index (χ0v) is 13.6. The number of anilines is 1. The molecule has 1 fully saturated rings. The first-order chi connectivity index (χ1) is 11.1. The van der Waals surface area contributed by atoms with Crippen LogP contribution in [0.2, 0.25) is 0 Å². The molecule has 0 aliphatic carbocycles. The van der Waals surface area contributed by atoms with E-state index in [9.17, 15) is 4.79 Å². The number of aromatic nitrogens is 2. The van der Waals surface area contributed by atoms with Crippen LogP contribution in [0, 0.1) is 6.92 Å². The number of likely N-dealkylation sites (N-methyl/N-ethyl adjacent to an activating group) is 1. The van der Waals surface area contributed by atoms with Crippen LogP contribution in [0.25, 0.3) is 0 Å². The van der Waals surface area contributed by atoms with Crippen LogP contribution in [0.15, 0.2) is 36.4 Å². The highest BCUT2D eigenvalue weighted by atomic mass is 16.5. The second kappa shape index (κ2) is 6.24. The van der Waals surface area contributed by atoms with E-state index in [1.165, 1.54) is 0 Å². The Morgan fingerprint density at radius 2 is 2.04 bits per heavy atom. The van der Waals surface area contributed by atoms with Crippen molar-refractivity contribution in [1.29, 1.82) is 0 Å². The van der Waals surface area contributed by atoms with Crippen molar-refractivity contribution in [1.82, 2.24) is 15.1 Å². The summed E-state index contributed by atoms with van der Waals surface area (Å²) in [5.41, 5.74) is 1.54. The van der Waals surface area contributed by atoms with Gasteiger partial charge in [-0.05, 0) is 37.3 Å². The van der Waals surface area contributed by atoms with Crippen molar-refractivity contribution in [2.75, 3.05) is 32.1 Å². The molecule has 6 heteroatoms. The number of hydrogen-bond acceptors (Lipinski definition) is 5. The number of rotatable bonds is 4. The van der Waals surface area contributed by atoms with Crippen molar-refractivity contribution in [2.45, 2.75) is 13.0 Å². The number of amides is 1. The maximum atomic E-state index is 12.6. The normalized spacial score (nSPS) is 14.3. The Balaban J connectivity index is 1.62. The van der Waals surface area contributed by atoms with E-state index in [1.54, 1.807) is 18.1 Å². The Bertz CT molecular complexity index is 696. The number of methoxy groups -OCH3 is 1. The van der Waals surface area contributed by atoms with E-state index >= 15 is 0 Å². The third kappa shape index (κ3) is 3.11. The monoisotopic (exact) mass is 312 g/mol. The number of aryl methyl sites for hydroxylation is 1. The summed E-state index contributed by atoms with van der Waals surface area (Å²) in [6.45, 7) is 3.45. The maximum Gasteiger partial charge on any atom is 0.254 e. The molecule has 2 heterocycles. The molecule has 1 aromatic carbocycles. The molecule has 0 N–H and O–H groups in total. The first-order valence-electron chi connectivity index (χ1n) is 7.55. The molecule has 1 aliphatic rings. The zero-order chi connectivity index (χ0) is 16.4. The van der Waals surface area contributed by atoms with E-state index in [-0.39, 0.29) is 11.9 Å². The lowest BCUT2D eigenvalue weighted by Crippen LogP contribution is -2.60. The van der Waals surface area contributed by atoms with E-state index in [0.29, 0.717) is 11.3 Å². The second-order valence-electron chi connectivity index (χ2n) is 5.74. The summed E-state index contributed by atoms with van der Waals surface area (Å²) in [6, 6.07) is 11.3. The third-order valence-corrected chi connectivity index (χ3v) is 4.15. The molecule has 23 heavy (non-hydrogen) atoms. The fourth-order valence-electron chi connectivity index (χ4n) is 2.57. The average molecular weight is 312 g/mol. The summed E-state index contributed by atoms with van der Waals surface area (Å²) in [5.74, 6) is 1.55. The summed E-state index contributed by atoms with van der Waals surface area (Å²) in [5, 5.41) is 8.24. The van der Waals surface area contributed by atoms with E-state index < -0.39 is 0 Å². The molecule has 0 radical (unpaired) electrons. The van der Waals surface area contributed by atoms with E-state index in [2.05, 4.69) is 15.1 Å². The third-order valence-electron chi connectivity index (χ3n) is 4.15. The molecule has 0 saturated carbocycles. The fraction of sp³-hybridized carbons (Fsp3) is 0.353. The van der Waals surface area contributed by atoms with E-state index in [0.717, 1.165) is 24.6 Å². The van der Waals surface area contributed by atoms with Crippen LogP contribution in [0.4, 0.5) is 5.82 Å². The van der Waals surface area contributed by atoms with Crippen LogP contribution in [0.1, 0.15) is 16.1 Å². The molecule has 1 saturated heterocycles. The van der Waals surface area contributed by atoms with E-state index in [4.69, 9.17) is 4.74 Å². The van der Waals surface area contributed by atoms with Crippen molar-refractivity contribution < 1.29 is 9.53 Å². The summed E-state index contributed by atoms with van der Waals surface area (Å²) in [4.78, 5) is 16.5. The smallest absolute Gasteiger partial charge is 0.254 e. The van der Waals surface area contributed by atoms with Gasteiger partial charge in [0.05, 0.1) is 18.8 Å². The topological polar surface area (TPSA) is 58.6 Å². The van der Waals surface area contributed by atoms with Crippen LogP contribution in [0.3, 0.4) is 0 Å². The molecule has 3 rings (SSSR count). The van der Waals surface area contributed by atoms with Crippen molar-refractivity contribution in [3.8, 4) is 5.75 Å². The van der Waals surface area contributed by atoms with Gasteiger partial charge in [-0.1, -0.05) is 6.07 Å². The highest BCUT2D eigenvalue weighted by Crippen LogP contribution is 2.22. The molecule has 0 bridgehead atoms. The Hall–Kier alpha value is -2.63.